The number of hydrogen-bond acceptors (Lipinski definition) is 6. The molecule has 3 heterocycles. The molecule has 0 aliphatic heterocycles. The molecule has 6 nitrogen and oxygen atoms in total. The van der Waals surface area contributed by atoms with E-state index in [4.69, 9.17) is 0 Å². The molecule has 8 heteroatoms. The van der Waals surface area contributed by atoms with Crippen LogP contribution in [0.4, 0.5) is 5.82 Å². The van der Waals surface area contributed by atoms with Crippen molar-refractivity contribution in [2.75, 3.05) is 12.4 Å². The minimum absolute atomic E-state index is 0.0658. The first kappa shape index (κ1) is 14.4. The average Bonchev–Trinajstić information content (AvgIpc) is 2.95. The molecule has 21 heavy (non-hydrogen) atoms. The van der Waals surface area contributed by atoms with Crippen LogP contribution < -0.4 is 10.9 Å². The first-order valence-corrected chi connectivity index (χ1v) is 8.19. The maximum atomic E-state index is 12.2. The SMILES string of the molecule is CNc1nc(Cn2cnc(C)c(I)c2=O)nc2sccc12. The van der Waals surface area contributed by atoms with Crippen molar-refractivity contribution >= 4 is 50.0 Å². The number of aryl methyl sites for hydroxylation is 1. The summed E-state index contributed by atoms with van der Waals surface area (Å²) in [6, 6.07) is 1.98. The first-order valence-electron chi connectivity index (χ1n) is 6.23. The fourth-order valence-electron chi connectivity index (χ4n) is 1.97. The molecule has 0 bridgehead atoms. The van der Waals surface area contributed by atoms with Gasteiger partial charge in [0.2, 0.25) is 0 Å². The van der Waals surface area contributed by atoms with E-state index >= 15 is 0 Å². The van der Waals surface area contributed by atoms with E-state index in [1.165, 1.54) is 4.57 Å². The minimum atomic E-state index is -0.0658. The molecule has 1 N–H and O–H groups in total. The van der Waals surface area contributed by atoms with Gasteiger partial charge in [-0.25, -0.2) is 15.0 Å². The molecule has 0 amide bonds. The van der Waals surface area contributed by atoms with Crippen molar-refractivity contribution in [2.45, 2.75) is 13.5 Å². The van der Waals surface area contributed by atoms with E-state index in [0.717, 1.165) is 21.7 Å². The van der Waals surface area contributed by atoms with Gasteiger partial charge in [-0.2, -0.15) is 0 Å². The Morgan fingerprint density at radius 3 is 3.00 bits per heavy atom. The third kappa shape index (κ3) is 2.64. The van der Waals surface area contributed by atoms with Gasteiger partial charge in [0, 0.05) is 7.05 Å². The molecule has 0 fully saturated rings. The normalized spacial score (nSPS) is 11.0. The predicted octanol–water partition coefficient (Wildman–Crippen LogP) is 2.25. The van der Waals surface area contributed by atoms with Crippen LogP contribution in [0.25, 0.3) is 10.2 Å². The number of aromatic nitrogens is 4. The Balaban J connectivity index is 2.06. The lowest BCUT2D eigenvalue weighted by molar-refractivity contribution is 0.692. The number of hydrogen-bond donors (Lipinski definition) is 1. The predicted molar refractivity (Wildman–Crippen MR) is 92.0 cm³/mol. The lowest BCUT2D eigenvalue weighted by atomic mass is 10.3. The second kappa shape index (κ2) is 5.68. The van der Waals surface area contributed by atoms with Crippen molar-refractivity contribution in [3.63, 3.8) is 0 Å². The quantitative estimate of drug-likeness (QED) is 0.667. The van der Waals surface area contributed by atoms with Crippen molar-refractivity contribution in [1.82, 2.24) is 19.5 Å². The summed E-state index contributed by atoms with van der Waals surface area (Å²) in [5.74, 6) is 1.37. The molecule has 3 rings (SSSR count). The highest BCUT2D eigenvalue weighted by atomic mass is 127. The van der Waals surface area contributed by atoms with Gasteiger partial charge in [0.1, 0.15) is 10.6 Å². The number of rotatable bonds is 3. The Bertz CT molecular complexity index is 873. The lowest BCUT2D eigenvalue weighted by Gasteiger charge is -2.08. The highest BCUT2D eigenvalue weighted by molar-refractivity contribution is 14.1. The van der Waals surface area contributed by atoms with E-state index in [9.17, 15) is 4.79 Å². The smallest absolute Gasteiger partial charge is 0.267 e. The Kier molecular flexibility index (Phi) is 3.89. The molecule has 0 saturated carbocycles. The summed E-state index contributed by atoms with van der Waals surface area (Å²) in [4.78, 5) is 26.3. The van der Waals surface area contributed by atoms with Crippen molar-refractivity contribution in [3.05, 3.63) is 43.2 Å². The molecule has 0 aromatic carbocycles. The third-order valence-corrected chi connectivity index (χ3v) is 5.13. The van der Waals surface area contributed by atoms with Gasteiger partial charge in [-0.3, -0.25) is 9.36 Å². The Morgan fingerprint density at radius 2 is 2.24 bits per heavy atom. The first-order chi connectivity index (χ1) is 10.1. The molecule has 3 aromatic rings. The van der Waals surface area contributed by atoms with Crippen molar-refractivity contribution < 1.29 is 0 Å². The van der Waals surface area contributed by atoms with Crippen LogP contribution in [-0.4, -0.2) is 26.6 Å². The van der Waals surface area contributed by atoms with E-state index in [2.05, 4.69) is 20.3 Å². The average molecular weight is 413 g/mol. The molecule has 0 radical (unpaired) electrons. The summed E-state index contributed by atoms with van der Waals surface area (Å²) in [7, 11) is 1.83. The summed E-state index contributed by atoms with van der Waals surface area (Å²) < 4.78 is 2.16. The summed E-state index contributed by atoms with van der Waals surface area (Å²) in [6.45, 7) is 2.13. The van der Waals surface area contributed by atoms with Crippen LogP contribution in [-0.2, 0) is 6.54 Å². The Labute approximate surface area is 138 Å². The fourth-order valence-corrected chi connectivity index (χ4v) is 3.20. The van der Waals surface area contributed by atoms with E-state index in [1.54, 1.807) is 17.7 Å². The molecule has 0 saturated heterocycles. The van der Waals surface area contributed by atoms with Crippen LogP contribution in [0, 0.1) is 10.5 Å². The van der Waals surface area contributed by atoms with Crippen LogP contribution in [0.1, 0.15) is 11.5 Å². The van der Waals surface area contributed by atoms with Gasteiger partial charge in [0.25, 0.3) is 5.56 Å². The molecule has 0 atom stereocenters. The van der Waals surface area contributed by atoms with E-state index in [0.29, 0.717) is 15.9 Å². The highest BCUT2D eigenvalue weighted by Crippen LogP contribution is 2.24. The molecule has 0 aliphatic rings. The monoisotopic (exact) mass is 413 g/mol. The molecular formula is C13H12IN5OS. The van der Waals surface area contributed by atoms with Gasteiger partial charge in [0.05, 0.1) is 27.5 Å². The summed E-state index contributed by atoms with van der Waals surface area (Å²) in [5, 5.41) is 6.04. The number of nitrogens with one attached hydrogen (secondary N) is 1. The minimum Gasteiger partial charge on any atom is -0.372 e. The number of anilines is 1. The molecule has 0 unspecified atom stereocenters. The topological polar surface area (TPSA) is 72.7 Å². The molecule has 0 spiro atoms. The molecule has 108 valence electrons. The second-order valence-corrected chi connectivity index (χ2v) is 6.43. The van der Waals surface area contributed by atoms with Crippen LogP contribution in [0.15, 0.2) is 22.6 Å². The van der Waals surface area contributed by atoms with Crippen molar-refractivity contribution in [3.8, 4) is 0 Å². The standard InChI is InChI=1S/C13H12IN5OS/c1-7-10(14)13(20)19(6-16-7)5-9-17-11(15-2)8-3-4-21-12(8)18-9/h3-4,6H,5H2,1-2H3,(H,15,17,18). The maximum absolute atomic E-state index is 12.2. The van der Waals surface area contributed by atoms with E-state index in [1.807, 2.05) is 48.0 Å². The van der Waals surface area contributed by atoms with Gasteiger partial charge < -0.3 is 5.32 Å². The maximum Gasteiger partial charge on any atom is 0.267 e. The molecule has 3 aromatic heterocycles. The van der Waals surface area contributed by atoms with Gasteiger partial charge in [0.15, 0.2) is 5.82 Å². The molecule has 0 aliphatic carbocycles. The zero-order chi connectivity index (χ0) is 15.0. The second-order valence-electron chi connectivity index (χ2n) is 4.45. The zero-order valence-electron chi connectivity index (χ0n) is 11.4. The van der Waals surface area contributed by atoms with Crippen LogP contribution in [0.2, 0.25) is 0 Å². The largest absolute Gasteiger partial charge is 0.372 e. The van der Waals surface area contributed by atoms with Gasteiger partial charge in [-0.05, 0) is 41.0 Å². The van der Waals surface area contributed by atoms with E-state index in [-0.39, 0.29) is 5.56 Å². The summed E-state index contributed by atoms with van der Waals surface area (Å²) in [5.41, 5.74) is 0.673. The van der Waals surface area contributed by atoms with Crippen molar-refractivity contribution in [1.29, 1.82) is 0 Å². The summed E-state index contributed by atoms with van der Waals surface area (Å²) in [6.07, 6.45) is 1.54. The van der Waals surface area contributed by atoms with Crippen molar-refractivity contribution in [2.24, 2.45) is 0 Å². The van der Waals surface area contributed by atoms with Crippen LogP contribution >= 0.6 is 33.9 Å². The number of fused-ring (bicyclic) bond motifs is 1. The van der Waals surface area contributed by atoms with Gasteiger partial charge in [-0.15, -0.1) is 11.3 Å². The summed E-state index contributed by atoms with van der Waals surface area (Å²) >= 11 is 3.57. The number of thiophene rings is 1. The lowest BCUT2D eigenvalue weighted by Crippen LogP contribution is -2.25. The van der Waals surface area contributed by atoms with E-state index < -0.39 is 0 Å². The highest BCUT2D eigenvalue weighted by Gasteiger charge is 2.11. The number of halogens is 1. The third-order valence-electron chi connectivity index (χ3n) is 3.08. The van der Waals surface area contributed by atoms with Crippen LogP contribution in [0.3, 0.4) is 0 Å². The fraction of sp³-hybridized carbons (Fsp3) is 0.231. The zero-order valence-corrected chi connectivity index (χ0v) is 14.4. The number of nitrogens with zero attached hydrogens (tertiary/aromatic N) is 4. The van der Waals surface area contributed by atoms with Gasteiger partial charge in [-0.1, -0.05) is 0 Å². The Morgan fingerprint density at radius 1 is 1.43 bits per heavy atom. The van der Waals surface area contributed by atoms with Crippen LogP contribution in [0.5, 0.6) is 0 Å². The molecular weight excluding hydrogens is 401 g/mol. The van der Waals surface area contributed by atoms with Gasteiger partial charge >= 0.3 is 0 Å². The Hall–Kier alpha value is -1.55.